The van der Waals surface area contributed by atoms with E-state index in [1.807, 2.05) is 0 Å². The van der Waals surface area contributed by atoms with Crippen LogP contribution in [0.3, 0.4) is 0 Å². The van der Waals surface area contributed by atoms with Crippen molar-refractivity contribution in [3.63, 3.8) is 0 Å². The molecule has 0 aromatic rings. The lowest BCUT2D eigenvalue weighted by Crippen LogP contribution is -2.30. The Labute approximate surface area is 562 Å². The lowest BCUT2D eigenvalue weighted by molar-refractivity contribution is -0.161. The quantitative estimate of drug-likeness (QED) is 0.0222. The second-order valence-corrected chi connectivity index (χ2v) is 30.2. The first kappa shape index (κ1) is 90.1. The Hall–Kier alpha value is -1.94. The third kappa shape index (κ3) is 64.1. The maximum Gasteiger partial charge on any atom is 0.472 e. The van der Waals surface area contributed by atoms with Gasteiger partial charge in [-0.2, -0.15) is 0 Å². The molecule has 0 saturated heterocycles. The summed E-state index contributed by atoms with van der Waals surface area (Å²) in [5.41, 5.74) is 0. The summed E-state index contributed by atoms with van der Waals surface area (Å²) >= 11 is 0. The molecule has 0 fully saturated rings. The lowest BCUT2D eigenvalue weighted by Gasteiger charge is -2.21. The van der Waals surface area contributed by atoms with Crippen molar-refractivity contribution in [2.75, 3.05) is 39.6 Å². The molecule has 3 N–H and O–H groups in total. The summed E-state index contributed by atoms with van der Waals surface area (Å²) < 4.78 is 68.4. The number of unbranched alkanes of at least 4 members (excludes halogenated alkanes) is 37. The second kappa shape index (κ2) is 63.8. The largest absolute Gasteiger partial charge is 0.472 e. The van der Waals surface area contributed by atoms with Crippen molar-refractivity contribution in [3.8, 4) is 0 Å². The van der Waals surface area contributed by atoms with E-state index in [4.69, 9.17) is 37.0 Å². The van der Waals surface area contributed by atoms with Crippen molar-refractivity contribution in [2.24, 2.45) is 17.8 Å². The molecule has 92 heavy (non-hydrogen) atoms. The summed E-state index contributed by atoms with van der Waals surface area (Å²) in [7, 11) is -9.91. The predicted octanol–water partition coefficient (Wildman–Crippen LogP) is 21.0. The highest BCUT2D eigenvalue weighted by molar-refractivity contribution is 7.47. The number of aliphatic hydroxyl groups excluding tert-OH is 1. The van der Waals surface area contributed by atoms with E-state index in [2.05, 4.69) is 48.5 Å². The van der Waals surface area contributed by atoms with Crippen molar-refractivity contribution < 1.29 is 80.2 Å². The number of aliphatic hydroxyl groups is 1. The van der Waals surface area contributed by atoms with Crippen molar-refractivity contribution >= 4 is 39.5 Å². The van der Waals surface area contributed by atoms with Crippen molar-refractivity contribution in [3.05, 3.63) is 0 Å². The number of phosphoric ester groups is 2. The van der Waals surface area contributed by atoms with E-state index in [0.29, 0.717) is 25.7 Å². The SMILES string of the molecule is CCCCCCCCCCCCCCCCC(=O)OC[C@H](COP(=O)(O)OC[C@@H](O)COP(=O)(O)OC[C@@H](COC(=O)CCCCCCCCC(C)CC)OC(=O)CCCCCCCCC(C)CC)OC(=O)CCCCCCCCCCCCCCCCCC(C)C. The Morgan fingerprint density at radius 1 is 0.315 bits per heavy atom. The monoisotopic (exact) mass is 1350 g/mol. The minimum Gasteiger partial charge on any atom is -0.462 e. The van der Waals surface area contributed by atoms with E-state index < -0.39 is 97.5 Å². The molecule has 0 aliphatic carbocycles. The summed E-state index contributed by atoms with van der Waals surface area (Å²) in [5.74, 6) is 0.128. The molecule has 0 rings (SSSR count). The molecule has 0 aliphatic heterocycles. The normalized spacial score (nSPS) is 14.7. The van der Waals surface area contributed by atoms with E-state index in [-0.39, 0.29) is 25.7 Å². The number of phosphoric acid groups is 2. The van der Waals surface area contributed by atoms with E-state index in [0.717, 1.165) is 114 Å². The summed E-state index contributed by atoms with van der Waals surface area (Å²) in [6, 6.07) is 0. The molecular formula is C73H142O17P2. The fourth-order valence-electron chi connectivity index (χ4n) is 11.0. The molecule has 0 spiro atoms. The topological polar surface area (TPSA) is 237 Å². The van der Waals surface area contributed by atoms with Crippen LogP contribution in [0.4, 0.5) is 0 Å². The first-order chi connectivity index (χ1) is 44.3. The number of carbonyl (C=O) groups is 4. The van der Waals surface area contributed by atoms with E-state index in [1.165, 1.54) is 173 Å². The first-order valence-corrected chi connectivity index (χ1v) is 40.9. The smallest absolute Gasteiger partial charge is 0.462 e. The Kier molecular flexibility index (Phi) is 62.4. The minimum atomic E-state index is -4.96. The van der Waals surface area contributed by atoms with Gasteiger partial charge in [0.25, 0.3) is 0 Å². The maximum absolute atomic E-state index is 13.1. The van der Waals surface area contributed by atoms with Gasteiger partial charge in [-0.3, -0.25) is 37.3 Å². The summed E-state index contributed by atoms with van der Waals surface area (Å²) in [5, 5.41) is 10.6. The van der Waals surface area contributed by atoms with Crippen molar-refractivity contribution in [1.82, 2.24) is 0 Å². The van der Waals surface area contributed by atoms with Crippen LogP contribution in [-0.2, 0) is 65.4 Å². The maximum atomic E-state index is 13.1. The molecule has 19 heteroatoms. The third-order valence-electron chi connectivity index (χ3n) is 17.6. The number of hydrogen-bond acceptors (Lipinski definition) is 15. The molecule has 0 aromatic carbocycles. The molecular weight excluding hydrogens is 1210 g/mol. The molecule has 17 nitrogen and oxygen atoms in total. The van der Waals surface area contributed by atoms with Crippen LogP contribution in [0.25, 0.3) is 0 Å². The van der Waals surface area contributed by atoms with Gasteiger partial charge in [0.15, 0.2) is 12.2 Å². The molecule has 7 atom stereocenters. The van der Waals surface area contributed by atoms with Crippen LogP contribution in [0.15, 0.2) is 0 Å². The van der Waals surface area contributed by atoms with Crippen LogP contribution in [0, 0.1) is 17.8 Å². The summed E-state index contributed by atoms with van der Waals surface area (Å²) in [4.78, 5) is 72.6. The van der Waals surface area contributed by atoms with Crippen molar-refractivity contribution in [2.45, 2.75) is 388 Å². The number of hydrogen-bond donors (Lipinski definition) is 3. The van der Waals surface area contributed by atoms with Crippen LogP contribution in [0.1, 0.15) is 370 Å². The van der Waals surface area contributed by atoms with Gasteiger partial charge in [0, 0.05) is 25.7 Å². The zero-order valence-electron chi connectivity index (χ0n) is 60.0. The zero-order valence-corrected chi connectivity index (χ0v) is 61.8. The van der Waals surface area contributed by atoms with Gasteiger partial charge in [0.2, 0.25) is 0 Å². The second-order valence-electron chi connectivity index (χ2n) is 27.3. The zero-order chi connectivity index (χ0) is 68.0. The third-order valence-corrected chi connectivity index (χ3v) is 19.5. The van der Waals surface area contributed by atoms with Gasteiger partial charge in [-0.25, -0.2) is 9.13 Å². The molecule has 0 aliphatic rings. The van der Waals surface area contributed by atoms with Crippen LogP contribution in [0.5, 0.6) is 0 Å². The molecule has 4 unspecified atom stereocenters. The lowest BCUT2D eigenvalue weighted by atomic mass is 10.00. The molecule has 546 valence electrons. The Balaban J connectivity index is 5.24. The van der Waals surface area contributed by atoms with Gasteiger partial charge in [-0.1, -0.05) is 318 Å². The Morgan fingerprint density at radius 3 is 0.826 bits per heavy atom. The number of esters is 4. The predicted molar refractivity (Wildman–Crippen MR) is 372 cm³/mol. The number of ether oxygens (including phenoxy) is 4. The number of rotatable bonds is 71. The van der Waals surface area contributed by atoms with Gasteiger partial charge in [0.1, 0.15) is 19.3 Å². The highest BCUT2D eigenvalue weighted by Crippen LogP contribution is 2.45. The van der Waals surface area contributed by atoms with Crippen LogP contribution in [0.2, 0.25) is 0 Å². The summed E-state index contributed by atoms with van der Waals surface area (Å²) in [6.45, 7) is 11.8. The fraction of sp³-hybridized carbons (Fsp3) is 0.945. The van der Waals surface area contributed by atoms with Crippen LogP contribution < -0.4 is 0 Å². The molecule has 0 heterocycles. The first-order valence-electron chi connectivity index (χ1n) is 37.9. The van der Waals surface area contributed by atoms with Gasteiger partial charge >= 0.3 is 39.5 Å². The fourth-order valence-corrected chi connectivity index (χ4v) is 12.6. The van der Waals surface area contributed by atoms with Gasteiger partial charge < -0.3 is 33.8 Å². The van der Waals surface area contributed by atoms with Crippen LogP contribution >= 0.6 is 15.6 Å². The van der Waals surface area contributed by atoms with E-state index in [9.17, 15) is 43.2 Å². The highest BCUT2D eigenvalue weighted by atomic mass is 31.2. The standard InChI is InChI=1S/C73H142O17P2/c1-8-11-12-13-14-15-16-17-22-25-28-31-40-47-54-70(75)83-60-68(89-72(77)56-49-42-32-29-26-23-20-18-19-21-24-27-30-37-44-51-64(4)5)62-87-91(79,80)85-58-67(74)59-86-92(81,82)88-63-69(90-73(78)57-50-43-36-34-39-46-53-66(7)10-3)61-84-71(76)55-48-41-35-33-38-45-52-65(6)9-2/h64-69,74H,8-63H2,1-7H3,(H,79,80)(H,81,82)/t65?,66?,67-,68-,69-/m1/s1. The number of carbonyl (C=O) groups excluding carboxylic acids is 4. The average molecular weight is 1350 g/mol. The average Bonchev–Trinajstić information content (AvgIpc) is 1.66. The van der Waals surface area contributed by atoms with Gasteiger partial charge in [-0.15, -0.1) is 0 Å². The van der Waals surface area contributed by atoms with E-state index in [1.54, 1.807) is 0 Å². The molecule has 0 saturated carbocycles. The Bertz CT molecular complexity index is 1810. The van der Waals surface area contributed by atoms with Gasteiger partial charge in [0.05, 0.1) is 26.4 Å². The minimum absolute atomic E-state index is 0.102. The van der Waals surface area contributed by atoms with E-state index >= 15 is 0 Å². The molecule has 0 amide bonds. The molecule has 0 aromatic heterocycles. The summed E-state index contributed by atoms with van der Waals surface area (Å²) in [6.07, 6.45) is 48.6. The molecule has 0 bridgehead atoms. The van der Waals surface area contributed by atoms with Crippen molar-refractivity contribution in [1.29, 1.82) is 0 Å². The van der Waals surface area contributed by atoms with Gasteiger partial charge in [-0.05, 0) is 43.4 Å². The molecule has 0 radical (unpaired) electrons. The highest BCUT2D eigenvalue weighted by Gasteiger charge is 2.30. The Morgan fingerprint density at radius 2 is 0.554 bits per heavy atom. The van der Waals surface area contributed by atoms with Crippen LogP contribution in [-0.4, -0.2) is 96.7 Å².